The van der Waals surface area contributed by atoms with Crippen LogP contribution in [0.5, 0.6) is 17.2 Å². The smallest absolute Gasteiger partial charge is 0.340 e. The van der Waals surface area contributed by atoms with Crippen LogP contribution >= 0.6 is 12.4 Å². The van der Waals surface area contributed by atoms with E-state index in [1.54, 1.807) is 37.3 Å². The molecule has 218 valence electrons. The first-order valence-corrected chi connectivity index (χ1v) is 14.4. The minimum atomic E-state index is -4.57. The summed E-state index contributed by atoms with van der Waals surface area (Å²) in [6.07, 6.45) is 0.451. The number of methoxy groups -OCH3 is 1. The maximum atomic E-state index is 13.5. The van der Waals surface area contributed by atoms with Crippen LogP contribution in [0.15, 0.2) is 81.7 Å². The molecule has 0 amide bonds. The van der Waals surface area contributed by atoms with Gasteiger partial charge in [-0.3, -0.25) is 4.31 Å². The highest BCUT2D eigenvalue weighted by atomic mass is 35.5. The molecule has 0 fully saturated rings. The highest BCUT2D eigenvalue weighted by Gasteiger charge is 2.31. The van der Waals surface area contributed by atoms with E-state index in [-0.39, 0.29) is 37.3 Å². The molecule has 3 aromatic carbocycles. The van der Waals surface area contributed by atoms with Gasteiger partial charge in [0.15, 0.2) is 0 Å². The summed E-state index contributed by atoms with van der Waals surface area (Å²) in [6.45, 7) is 2.17. The van der Waals surface area contributed by atoms with Crippen LogP contribution in [0.1, 0.15) is 12.0 Å². The zero-order valence-corrected chi connectivity index (χ0v) is 24.5. The predicted octanol–water partition coefficient (Wildman–Crippen LogP) is 2.99. The van der Waals surface area contributed by atoms with E-state index in [9.17, 15) is 16.8 Å². The molecule has 0 aliphatic carbocycles. The molecule has 0 saturated heterocycles. The largest absolute Gasteiger partial charge is 0.497 e. The fourth-order valence-corrected chi connectivity index (χ4v) is 6.29. The molecule has 0 heterocycles. The van der Waals surface area contributed by atoms with Crippen LogP contribution in [-0.2, 0) is 25.0 Å². The molecule has 0 saturated carbocycles. The average Bonchev–Trinajstić information content (AvgIpc) is 2.89. The van der Waals surface area contributed by atoms with Gasteiger partial charge in [-0.05, 0) is 66.2 Å². The molecule has 40 heavy (non-hydrogen) atoms. The van der Waals surface area contributed by atoms with E-state index in [2.05, 4.69) is 5.16 Å². The molecule has 0 radical (unpaired) electrons. The lowest BCUT2D eigenvalue weighted by molar-refractivity contribution is 0.127. The lowest BCUT2D eigenvalue weighted by atomic mass is 10.2. The number of hydrogen-bond acceptors (Lipinski definition) is 9. The third kappa shape index (κ3) is 8.31. The van der Waals surface area contributed by atoms with Crippen LogP contribution in [0.25, 0.3) is 0 Å². The summed E-state index contributed by atoms with van der Waals surface area (Å²) in [5.74, 6) is 0.653. The molecule has 0 bridgehead atoms. The monoisotopic (exact) mass is 614 g/mol. The van der Waals surface area contributed by atoms with E-state index < -0.39 is 29.9 Å². The number of ether oxygens (including phenoxy) is 2. The number of guanidine groups is 1. The summed E-state index contributed by atoms with van der Waals surface area (Å²) in [6, 6.07) is 16.1. The summed E-state index contributed by atoms with van der Waals surface area (Å²) in [4.78, 5) is 3.94. The van der Waals surface area contributed by atoms with E-state index in [1.165, 1.54) is 50.6 Å². The number of nitrogens with zero attached hydrogens (tertiary/aromatic N) is 2. The van der Waals surface area contributed by atoms with Crippen LogP contribution in [0.2, 0.25) is 0 Å². The molecule has 4 N–H and O–H groups in total. The molecule has 0 aromatic heterocycles. The summed E-state index contributed by atoms with van der Waals surface area (Å²) < 4.78 is 70.7. The lowest BCUT2D eigenvalue weighted by Gasteiger charge is -2.21. The van der Waals surface area contributed by atoms with Crippen LogP contribution in [0.4, 0.5) is 5.69 Å². The molecular weight excluding hydrogens is 584 g/mol. The van der Waals surface area contributed by atoms with E-state index in [4.69, 9.17) is 30.0 Å². The van der Waals surface area contributed by atoms with Gasteiger partial charge >= 0.3 is 10.1 Å². The van der Waals surface area contributed by atoms with Crippen molar-refractivity contribution in [2.45, 2.75) is 23.1 Å². The van der Waals surface area contributed by atoms with Crippen molar-refractivity contribution in [2.75, 3.05) is 31.7 Å². The van der Waals surface area contributed by atoms with Crippen molar-refractivity contribution >= 4 is 44.2 Å². The number of nitrogens with two attached hydrogens (primary N) is 2. The Bertz CT molecular complexity index is 1530. The van der Waals surface area contributed by atoms with Crippen molar-refractivity contribution in [3.05, 3.63) is 72.3 Å². The Labute approximate surface area is 240 Å². The zero-order chi connectivity index (χ0) is 28.6. The van der Waals surface area contributed by atoms with Gasteiger partial charge in [0.2, 0.25) is 5.96 Å². The van der Waals surface area contributed by atoms with Crippen molar-refractivity contribution in [3.63, 3.8) is 0 Å². The number of aryl methyl sites for hydroxylation is 1. The molecule has 0 unspecified atom stereocenters. The quantitative estimate of drug-likeness (QED) is 0.0958. The van der Waals surface area contributed by atoms with Crippen LogP contribution in [-0.4, -0.2) is 50.2 Å². The molecular formula is C25H31ClN4O8S2. The maximum absolute atomic E-state index is 13.5. The minimum Gasteiger partial charge on any atom is -0.497 e. The van der Waals surface area contributed by atoms with Gasteiger partial charge in [-0.15, -0.1) is 12.4 Å². The van der Waals surface area contributed by atoms with Gasteiger partial charge in [0.05, 0.1) is 19.4 Å². The number of halogens is 1. The van der Waals surface area contributed by atoms with Crippen LogP contribution in [0.3, 0.4) is 0 Å². The first-order chi connectivity index (χ1) is 18.4. The number of hydrogen-bond donors (Lipinski definition) is 2. The number of rotatable bonds is 13. The third-order valence-electron chi connectivity index (χ3n) is 5.24. The molecule has 3 rings (SSSR count). The number of sulfonamides is 1. The van der Waals surface area contributed by atoms with Gasteiger partial charge in [-0.25, -0.2) is 8.42 Å². The predicted molar refractivity (Wildman–Crippen MR) is 153 cm³/mol. The second-order valence-corrected chi connectivity index (χ2v) is 11.6. The molecule has 15 heteroatoms. The molecule has 0 spiro atoms. The highest BCUT2D eigenvalue weighted by Crippen LogP contribution is 2.31. The Hall–Kier alpha value is -3.88. The number of anilines is 1. The molecule has 3 aromatic rings. The first kappa shape index (κ1) is 32.3. The van der Waals surface area contributed by atoms with Gasteiger partial charge < -0.3 is 30.0 Å². The van der Waals surface area contributed by atoms with Gasteiger partial charge in [-0.1, -0.05) is 12.1 Å². The van der Waals surface area contributed by atoms with E-state index >= 15 is 0 Å². The van der Waals surface area contributed by atoms with Gasteiger partial charge in [0.1, 0.15) is 33.6 Å². The van der Waals surface area contributed by atoms with E-state index in [1.807, 2.05) is 0 Å². The molecule has 0 aliphatic rings. The zero-order valence-electron chi connectivity index (χ0n) is 22.0. The Morgan fingerprint density at radius 1 is 0.875 bits per heavy atom. The maximum Gasteiger partial charge on any atom is 0.340 e. The third-order valence-corrected chi connectivity index (χ3v) is 8.52. The molecule has 0 atom stereocenters. The van der Waals surface area contributed by atoms with Crippen LogP contribution in [0, 0.1) is 6.92 Å². The summed E-state index contributed by atoms with van der Waals surface area (Å²) in [7, 11) is -6.04. The summed E-state index contributed by atoms with van der Waals surface area (Å²) in [5, 5.41) is 3.40. The Kier molecular flexibility index (Phi) is 11.3. The Balaban J connectivity index is 0.00000560. The van der Waals surface area contributed by atoms with Crippen molar-refractivity contribution < 1.29 is 35.3 Å². The van der Waals surface area contributed by atoms with E-state index in [0.717, 1.165) is 4.31 Å². The molecule has 0 aliphatic heterocycles. The molecule has 12 nitrogen and oxygen atoms in total. The van der Waals surface area contributed by atoms with Crippen molar-refractivity contribution in [3.8, 4) is 17.2 Å². The average molecular weight is 615 g/mol. The number of benzene rings is 3. The highest BCUT2D eigenvalue weighted by molar-refractivity contribution is 7.94. The summed E-state index contributed by atoms with van der Waals surface area (Å²) >= 11 is 0. The Morgan fingerprint density at radius 3 is 2.12 bits per heavy atom. The van der Waals surface area contributed by atoms with E-state index in [0.29, 0.717) is 29.2 Å². The van der Waals surface area contributed by atoms with Crippen LogP contribution < -0.4 is 29.4 Å². The minimum absolute atomic E-state index is 0. The normalized spacial score (nSPS) is 11.1. The second kappa shape index (κ2) is 14.0. The van der Waals surface area contributed by atoms with Gasteiger partial charge in [0, 0.05) is 19.5 Å². The SMILES string of the molecule is COc1ccc(N(C)S(=O)(=O)c2ccccc2S(=O)(=O)Oc2cc(C)cc(OCCCON=C(N)N)c2)cc1.Cl. The fourth-order valence-electron chi connectivity index (χ4n) is 3.40. The standard InChI is InChI=1S/C25H30N4O8S2.ClH/c1-18-15-21(35-13-6-14-36-28-25(26)27)17-22(16-18)37-39(32,33)24-8-5-4-7-23(24)38(30,31)29(2)19-9-11-20(34-3)12-10-19;/h4-5,7-12,15-17H,6,13-14H2,1-3H3,(H4,26,27,28);1H. The number of oxime groups is 1. The van der Waals surface area contributed by atoms with Crippen molar-refractivity contribution in [2.24, 2.45) is 16.6 Å². The van der Waals surface area contributed by atoms with Crippen molar-refractivity contribution in [1.29, 1.82) is 0 Å². The summed E-state index contributed by atoms with van der Waals surface area (Å²) in [5.41, 5.74) is 11.3. The first-order valence-electron chi connectivity index (χ1n) is 11.6. The van der Waals surface area contributed by atoms with Gasteiger partial charge in [0.25, 0.3) is 10.0 Å². The van der Waals surface area contributed by atoms with Crippen molar-refractivity contribution in [1.82, 2.24) is 0 Å². The Morgan fingerprint density at radius 2 is 1.50 bits per heavy atom. The fraction of sp³-hybridized carbons (Fsp3) is 0.240. The second-order valence-electron chi connectivity index (χ2n) is 8.19. The van der Waals surface area contributed by atoms with Gasteiger partial charge in [-0.2, -0.15) is 8.42 Å². The lowest BCUT2D eigenvalue weighted by Crippen LogP contribution is -2.28. The topological polar surface area (TPSA) is 173 Å².